The van der Waals surface area contributed by atoms with Crippen LogP contribution in [0.15, 0.2) is 34.3 Å². The van der Waals surface area contributed by atoms with Crippen LogP contribution < -0.4 is 0 Å². The van der Waals surface area contributed by atoms with Crippen molar-refractivity contribution in [2.45, 2.75) is 19.4 Å². The Kier molecular flexibility index (Phi) is 4.00. The molecule has 1 heterocycles. The van der Waals surface area contributed by atoms with Crippen LogP contribution in [0.25, 0.3) is 0 Å². The lowest BCUT2D eigenvalue weighted by molar-refractivity contribution is 0.0385. The smallest absolute Gasteiger partial charge is 0.132 e. The topological polar surface area (TPSA) is 32.6 Å². The van der Waals surface area contributed by atoms with E-state index in [-0.39, 0.29) is 5.92 Å². The Morgan fingerprint density at radius 2 is 2.05 bits per heavy atom. The van der Waals surface area contributed by atoms with Gasteiger partial charge in [0.2, 0.25) is 0 Å². The molecule has 0 radical (unpaired) electrons. The first-order chi connectivity index (χ1) is 8.79. The second-order valence-electron chi connectivity index (χ2n) is 5.09. The Morgan fingerprint density at radius 1 is 1.37 bits per heavy atom. The SMILES string of the molecule is CC(C)(O)C1CN=C(c2cc(Cl)ccc2F)C=C1Cl. The van der Waals surface area contributed by atoms with Crippen molar-refractivity contribution in [1.82, 2.24) is 0 Å². The van der Waals surface area contributed by atoms with Gasteiger partial charge in [0.15, 0.2) is 0 Å². The Labute approximate surface area is 121 Å². The fourth-order valence-corrected chi connectivity index (χ4v) is 2.58. The molecule has 1 unspecified atom stereocenters. The molecule has 19 heavy (non-hydrogen) atoms. The van der Waals surface area contributed by atoms with Crippen molar-refractivity contribution in [2.24, 2.45) is 10.9 Å². The second kappa shape index (κ2) is 5.23. The van der Waals surface area contributed by atoms with Gasteiger partial charge in [-0.25, -0.2) is 4.39 Å². The molecule has 1 aliphatic rings. The van der Waals surface area contributed by atoms with Gasteiger partial charge in [-0.05, 0) is 38.1 Å². The summed E-state index contributed by atoms with van der Waals surface area (Å²) in [6, 6.07) is 4.29. The van der Waals surface area contributed by atoms with Gasteiger partial charge in [-0.3, -0.25) is 4.99 Å². The lowest BCUT2D eigenvalue weighted by atomic mass is 9.88. The summed E-state index contributed by atoms with van der Waals surface area (Å²) in [5.41, 5.74) is -0.194. The molecule has 1 aliphatic heterocycles. The first kappa shape index (κ1) is 14.5. The van der Waals surface area contributed by atoms with Crippen molar-refractivity contribution in [2.75, 3.05) is 6.54 Å². The fourth-order valence-electron chi connectivity index (χ4n) is 1.97. The highest BCUT2D eigenvalue weighted by atomic mass is 35.5. The second-order valence-corrected chi connectivity index (χ2v) is 5.96. The number of nitrogens with zero attached hydrogens (tertiary/aromatic N) is 1. The average Bonchev–Trinajstić information content (AvgIpc) is 2.30. The minimum atomic E-state index is -0.963. The molecular weight excluding hydrogens is 288 g/mol. The number of allylic oxidation sites excluding steroid dienone is 1. The first-order valence-corrected chi connectivity index (χ1v) is 6.64. The van der Waals surface area contributed by atoms with Gasteiger partial charge in [-0.15, -0.1) is 0 Å². The van der Waals surface area contributed by atoms with Crippen molar-refractivity contribution in [3.8, 4) is 0 Å². The molecule has 0 saturated carbocycles. The van der Waals surface area contributed by atoms with E-state index in [0.717, 1.165) is 0 Å². The first-order valence-electron chi connectivity index (χ1n) is 5.88. The lowest BCUT2D eigenvalue weighted by Crippen LogP contribution is -2.35. The van der Waals surface area contributed by atoms with Crippen molar-refractivity contribution in [1.29, 1.82) is 0 Å². The molecule has 1 aromatic rings. The maximum absolute atomic E-state index is 13.8. The molecule has 102 valence electrons. The van der Waals surface area contributed by atoms with Crippen LogP contribution in [0.4, 0.5) is 4.39 Å². The van der Waals surface area contributed by atoms with E-state index in [9.17, 15) is 9.50 Å². The summed E-state index contributed by atoms with van der Waals surface area (Å²) in [6.07, 6.45) is 1.59. The average molecular weight is 302 g/mol. The molecule has 0 bridgehead atoms. The molecule has 0 amide bonds. The molecule has 2 nitrogen and oxygen atoms in total. The maximum atomic E-state index is 13.8. The monoisotopic (exact) mass is 301 g/mol. The van der Waals surface area contributed by atoms with Crippen LogP contribution in [0, 0.1) is 11.7 Å². The molecule has 1 atom stereocenters. The summed E-state index contributed by atoms with van der Waals surface area (Å²) in [6.45, 7) is 3.67. The highest BCUT2D eigenvalue weighted by Gasteiger charge is 2.31. The predicted octanol–water partition coefficient (Wildman–Crippen LogP) is 3.79. The van der Waals surface area contributed by atoms with Crippen molar-refractivity contribution in [3.05, 3.63) is 45.7 Å². The van der Waals surface area contributed by atoms with E-state index in [1.807, 2.05) is 0 Å². The highest BCUT2D eigenvalue weighted by molar-refractivity contribution is 6.33. The van der Waals surface area contributed by atoms with Crippen LogP contribution in [0.5, 0.6) is 0 Å². The van der Waals surface area contributed by atoms with Crippen LogP contribution in [0.3, 0.4) is 0 Å². The molecule has 5 heteroatoms. The van der Waals surface area contributed by atoms with Crippen molar-refractivity contribution in [3.63, 3.8) is 0 Å². The molecule has 0 spiro atoms. The van der Waals surface area contributed by atoms with Crippen LogP contribution in [0.1, 0.15) is 19.4 Å². The summed E-state index contributed by atoms with van der Waals surface area (Å²) in [5.74, 6) is -0.675. The van der Waals surface area contributed by atoms with Gasteiger partial charge >= 0.3 is 0 Å². The van der Waals surface area contributed by atoms with Crippen LogP contribution in [-0.4, -0.2) is 23.0 Å². The van der Waals surface area contributed by atoms with E-state index in [2.05, 4.69) is 4.99 Å². The van der Waals surface area contributed by atoms with Gasteiger partial charge < -0.3 is 5.11 Å². The van der Waals surface area contributed by atoms with Crippen molar-refractivity contribution >= 4 is 28.9 Å². The fraction of sp³-hybridized carbons (Fsp3) is 0.357. The van der Waals surface area contributed by atoms with Gasteiger partial charge in [0, 0.05) is 21.5 Å². The normalized spacial score (nSPS) is 20.0. The van der Waals surface area contributed by atoms with Crippen molar-refractivity contribution < 1.29 is 9.50 Å². The summed E-state index contributed by atoms with van der Waals surface area (Å²) in [5, 5.41) is 10.9. The molecule has 1 aromatic carbocycles. The minimum absolute atomic E-state index is 0.278. The zero-order valence-electron chi connectivity index (χ0n) is 10.6. The number of halogens is 3. The van der Waals surface area contributed by atoms with Gasteiger partial charge in [0.25, 0.3) is 0 Å². The molecule has 0 aromatic heterocycles. The lowest BCUT2D eigenvalue weighted by Gasteiger charge is -2.30. The predicted molar refractivity (Wildman–Crippen MR) is 76.5 cm³/mol. The third-order valence-corrected chi connectivity index (χ3v) is 3.72. The Morgan fingerprint density at radius 3 is 2.63 bits per heavy atom. The van der Waals surface area contributed by atoms with E-state index < -0.39 is 11.4 Å². The Bertz CT molecular complexity index is 561. The number of hydrogen-bond donors (Lipinski definition) is 1. The summed E-state index contributed by atoms with van der Waals surface area (Å²) >= 11 is 12.0. The zero-order valence-corrected chi connectivity index (χ0v) is 12.1. The summed E-state index contributed by atoms with van der Waals surface area (Å²) in [4.78, 5) is 4.30. The number of aliphatic imine (C=N–C) groups is 1. The van der Waals surface area contributed by atoms with Gasteiger partial charge in [0.05, 0.1) is 17.9 Å². The molecule has 0 saturated heterocycles. The van der Waals surface area contributed by atoms with Crippen LogP contribution in [0.2, 0.25) is 5.02 Å². The van der Waals surface area contributed by atoms with Gasteiger partial charge in [-0.2, -0.15) is 0 Å². The highest BCUT2D eigenvalue weighted by Crippen LogP contribution is 2.31. The number of benzene rings is 1. The molecular formula is C14H14Cl2FNO. The Balaban J connectivity index is 2.35. The van der Waals surface area contributed by atoms with Crippen LogP contribution in [-0.2, 0) is 0 Å². The standard InChI is InChI=1S/C14H14Cl2FNO/c1-14(2,19)10-7-18-13(6-11(10)16)9-5-8(15)3-4-12(9)17/h3-6,10,19H,7H2,1-2H3. The number of dihydropyridines is 1. The number of hydrogen-bond acceptors (Lipinski definition) is 2. The summed E-state index contributed by atoms with van der Waals surface area (Å²) < 4.78 is 13.8. The number of aliphatic hydroxyl groups is 1. The van der Waals surface area contributed by atoms with E-state index in [4.69, 9.17) is 23.2 Å². The van der Waals surface area contributed by atoms with E-state index in [1.165, 1.54) is 18.2 Å². The molecule has 0 aliphatic carbocycles. The van der Waals surface area contributed by atoms with E-state index in [0.29, 0.717) is 27.9 Å². The summed E-state index contributed by atoms with van der Waals surface area (Å²) in [7, 11) is 0. The largest absolute Gasteiger partial charge is 0.390 e. The van der Waals surface area contributed by atoms with Crippen LogP contribution >= 0.6 is 23.2 Å². The minimum Gasteiger partial charge on any atom is -0.390 e. The number of rotatable bonds is 2. The molecule has 0 fully saturated rings. The quantitative estimate of drug-likeness (QED) is 0.885. The third kappa shape index (κ3) is 3.16. The molecule has 2 rings (SSSR count). The van der Waals surface area contributed by atoms with E-state index >= 15 is 0 Å². The van der Waals surface area contributed by atoms with E-state index in [1.54, 1.807) is 19.9 Å². The third-order valence-electron chi connectivity index (χ3n) is 3.11. The van der Waals surface area contributed by atoms with Gasteiger partial charge in [-0.1, -0.05) is 23.2 Å². The Hall–Kier alpha value is -0.900. The van der Waals surface area contributed by atoms with Gasteiger partial charge in [0.1, 0.15) is 5.82 Å². The maximum Gasteiger partial charge on any atom is 0.132 e. The zero-order chi connectivity index (χ0) is 14.2. The molecule has 1 N–H and O–H groups in total.